The third-order valence-electron chi connectivity index (χ3n) is 3.02. The van der Waals surface area contributed by atoms with Gasteiger partial charge in [-0.25, -0.2) is 4.98 Å². The first-order valence-electron chi connectivity index (χ1n) is 5.99. The van der Waals surface area contributed by atoms with E-state index in [1.165, 1.54) is 9.88 Å². The molecule has 0 aliphatic carbocycles. The van der Waals surface area contributed by atoms with Crippen molar-refractivity contribution in [3.63, 3.8) is 0 Å². The molecule has 0 atom stereocenters. The van der Waals surface area contributed by atoms with E-state index in [-0.39, 0.29) is 12.0 Å². The third kappa shape index (κ3) is 3.04. The fourth-order valence-electron chi connectivity index (χ4n) is 1.76. The summed E-state index contributed by atoms with van der Waals surface area (Å²) in [5.74, 6) is 0.498. The van der Waals surface area contributed by atoms with Gasteiger partial charge in [-0.15, -0.1) is 11.3 Å². The Hall–Kier alpha value is -0.490. The molecule has 1 saturated heterocycles. The number of aliphatic hydroxyl groups excluding tert-OH is 1. The lowest BCUT2D eigenvalue weighted by molar-refractivity contribution is -0.134. The van der Waals surface area contributed by atoms with Crippen LogP contribution in [0.4, 0.5) is 0 Å². The number of nitrogens with one attached hydrogen (secondary N) is 1. The van der Waals surface area contributed by atoms with Crippen LogP contribution in [0.15, 0.2) is 6.20 Å². The first-order chi connectivity index (χ1) is 8.15. The lowest BCUT2D eigenvalue weighted by atomic mass is 9.87. The molecule has 1 aromatic heterocycles. The van der Waals surface area contributed by atoms with Gasteiger partial charge in [0, 0.05) is 30.1 Å². The highest BCUT2D eigenvalue weighted by molar-refractivity contribution is 7.11. The predicted octanol–water partition coefficient (Wildman–Crippen LogP) is 1.36. The highest BCUT2D eigenvalue weighted by atomic mass is 32.1. The van der Waals surface area contributed by atoms with Gasteiger partial charge in [0.2, 0.25) is 0 Å². The van der Waals surface area contributed by atoms with Crippen LogP contribution in [0.1, 0.15) is 29.7 Å². The number of ether oxygens (including phenoxy) is 1. The molecule has 0 spiro atoms. The average Bonchev–Trinajstić information content (AvgIpc) is 2.71. The van der Waals surface area contributed by atoms with Gasteiger partial charge < -0.3 is 15.2 Å². The Morgan fingerprint density at radius 1 is 1.59 bits per heavy atom. The highest BCUT2D eigenvalue weighted by Crippen LogP contribution is 2.26. The standard InChI is InChI=1S/C12H20N2O2S/c1-9(2)11-14-4-10(17-11)3-13-5-12(6-15)7-16-8-12/h4,9,13,15H,3,5-8H2,1-2H3. The number of hydrogen-bond donors (Lipinski definition) is 2. The first kappa shape index (κ1) is 13.0. The van der Waals surface area contributed by atoms with Crippen molar-refractivity contribution in [2.45, 2.75) is 26.3 Å². The predicted molar refractivity (Wildman–Crippen MR) is 68.2 cm³/mol. The van der Waals surface area contributed by atoms with Crippen LogP contribution in [0, 0.1) is 5.41 Å². The van der Waals surface area contributed by atoms with Crippen molar-refractivity contribution in [2.24, 2.45) is 5.41 Å². The lowest BCUT2D eigenvalue weighted by Crippen LogP contribution is -2.52. The molecule has 1 aliphatic heterocycles. The second-order valence-electron chi connectivity index (χ2n) is 5.07. The molecule has 5 heteroatoms. The number of aromatic nitrogens is 1. The number of rotatable bonds is 6. The minimum Gasteiger partial charge on any atom is -0.396 e. The van der Waals surface area contributed by atoms with Crippen molar-refractivity contribution in [3.8, 4) is 0 Å². The fourth-order valence-corrected chi connectivity index (χ4v) is 2.65. The number of hydrogen-bond acceptors (Lipinski definition) is 5. The Bertz CT molecular complexity index is 356. The molecule has 2 rings (SSSR count). The van der Waals surface area contributed by atoms with Gasteiger partial charge >= 0.3 is 0 Å². The van der Waals surface area contributed by atoms with Crippen LogP contribution in [-0.4, -0.2) is 36.5 Å². The molecule has 96 valence electrons. The average molecular weight is 256 g/mol. The Balaban J connectivity index is 1.77. The Morgan fingerprint density at radius 2 is 2.35 bits per heavy atom. The van der Waals surface area contributed by atoms with Crippen LogP contribution >= 0.6 is 11.3 Å². The molecule has 1 aliphatic rings. The van der Waals surface area contributed by atoms with Crippen LogP contribution < -0.4 is 5.32 Å². The van der Waals surface area contributed by atoms with Crippen molar-refractivity contribution in [3.05, 3.63) is 16.1 Å². The third-order valence-corrected chi connectivity index (χ3v) is 4.31. The van der Waals surface area contributed by atoms with Gasteiger partial charge in [0.05, 0.1) is 30.2 Å². The SMILES string of the molecule is CC(C)c1ncc(CNCC2(CO)COC2)s1. The monoisotopic (exact) mass is 256 g/mol. The fraction of sp³-hybridized carbons (Fsp3) is 0.750. The van der Waals surface area contributed by atoms with E-state index >= 15 is 0 Å². The van der Waals surface area contributed by atoms with E-state index in [1.807, 2.05) is 6.20 Å². The van der Waals surface area contributed by atoms with Gasteiger partial charge in [-0.1, -0.05) is 13.8 Å². The minimum absolute atomic E-state index is 0.0500. The zero-order valence-corrected chi connectivity index (χ0v) is 11.2. The van der Waals surface area contributed by atoms with Crippen molar-refractivity contribution in [2.75, 3.05) is 26.4 Å². The first-order valence-corrected chi connectivity index (χ1v) is 6.81. The molecular formula is C12H20N2O2S. The summed E-state index contributed by atoms with van der Waals surface area (Å²) in [5, 5.41) is 13.8. The topological polar surface area (TPSA) is 54.4 Å². The van der Waals surface area contributed by atoms with E-state index in [2.05, 4.69) is 24.1 Å². The molecule has 0 unspecified atom stereocenters. The van der Waals surface area contributed by atoms with Gasteiger partial charge in [-0.3, -0.25) is 0 Å². The Labute approximate surface area is 106 Å². The van der Waals surface area contributed by atoms with Crippen molar-refractivity contribution < 1.29 is 9.84 Å². The van der Waals surface area contributed by atoms with Gasteiger partial charge in [-0.05, 0) is 0 Å². The molecule has 2 N–H and O–H groups in total. The summed E-state index contributed by atoms with van der Waals surface area (Å²) in [6, 6.07) is 0. The zero-order valence-electron chi connectivity index (χ0n) is 10.4. The highest BCUT2D eigenvalue weighted by Gasteiger charge is 2.37. The molecule has 1 aromatic rings. The van der Waals surface area contributed by atoms with Crippen molar-refractivity contribution in [1.29, 1.82) is 0 Å². The largest absolute Gasteiger partial charge is 0.396 e. The van der Waals surface area contributed by atoms with E-state index in [9.17, 15) is 5.11 Å². The van der Waals surface area contributed by atoms with Crippen LogP contribution in [0.3, 0.4) is 0 Å². The van der Waals surface area contributed by atoms with E-state index in [1.54, 1.807) is 11.3 Å². The summed E-state index contributed by atoms with van der Waals surface area (Å²) in [5.41, 5.74) is -0.0500. The molecule has 0 amide bonds. The maximum absolute atomic E-state index is 9.28. The molecular weight excluding hydrogens is 236 g/mol. The van der Waals surface area contributed by atoms with Gasteiger partial charge in [-0.2, -0.15) is 0 Å². The Kier molecular flexibility index (Phi) is 4.14. The van der Waals surface area contributed by atoms with E-state index in [4.69, 9.17) is 4.74 Å². The second kappa shape index (κ2) is 5.44. The zero-order chi connectivity index (χ0) is 12.3. The smallest absolute Gasteiger partial charge is 0.0953 e. The van der Waals surface area contributed by atoms with Crippen LogP contribution in [-0.2, 0) is 11.3 Å². The van der Waals surface area contributed by atoms with Gasteiger partial charge in [0.15, 0.2) is 0 Å². The number of nitrogens with zero attached hydrogens (tertiary/aromatic N) is 1. The number of thiazole rings is 1. The van der Waals surface area contributed by atoms with E-state index < -0.39 is 0 Å². The molecule has 0 aromatic carbocycles. The summed E-state index contributed by atoms with van der Waals surface area (Å²) in [4.78, 5) is 5.64. The van der Waals surface area contributed by atoms with Crippen molar-refractivity contribution in [1.82, 2.24) is 10.3 Å². The molecule has 4 nitrogen and oxygen atoms in total. The maximum Gasteiger partial charge on any atom is 0.0953 e. The summed E-state index contributed by atoms with van der Waals surface area (Å²) in [6.07, 6.45) is 1.94. The van der Waals surface area contributed by atoms with E-state index in [0.717, 1.165) is 13.1 Å². The lowest BCUT2D eigenvalue weighted by Gasteiger charge is -2.39. The summed E-state index contributed by atoms with van der Waals surface area (Å²) in [6.45, 7) is 7.46. The Morgan fingerprint density at radius 3 is 2.82 bits per heavy atom. The summed E-state index contributed by atoms with van der Waals surface area (Å²) >= 11 is 1.76. The normalized spacial score (nSPS) is 18.4. The summed E-state index contributed by atoms with van der Waals surface area (Å²) < 4.78 is 5.16. The van der Waals surface area contributed by atoms with Crippen molar-refractivity contribution >= 4 is 11.3 Å². The molecule has 0 bridgehead atoms. The van der Waals surface area contributed by atoms with Crippen LogP contribution in [0.5, 0.6) is 0 Å². The van der Waals surface area contributed by atoms with E-state index in [0.29, 0.717) is 19.1 Å². The molecule has 17 heavy (non-hydrogen) atoms. The van der Waals surface area contributed by atoms with Crippen LogP contribution in [0.25, 0.3) is 0 Å². The molecule has 0 saturated carbocycles. The minimum atomic E-state index is -0.0500. The van der Waals surface area contributed by atoms with Gasteiger partial charge in [0.25, 0.3) is 0 Å². The molecule has 1 fully saturated rings. The van der Waals surface area contributed by atoms with Gasteiger partial charge in [0.1, 0.15) is 0 Å². The van der Waals surface area contributed by atoms with Crippen LogP contribution in [0.2, 0.25) is 0 Å². The molecule has 0 radical (unpaired) electrons. The quantitative estimate of drug-likeness (QED) is 0.807. The summed E-state index contributed by atoms with van der Waals surface area (Å²) in [7, 11) is 0. The maximum atomic E-state index is 9.28. The second-order valence-corrected chi connectivity index (χ2v) is 6.22. The molecule has 2 heterocycles. The number of aliphatic hydroxyl groups is 1.